The van der Waals surface area contributed by atoms with Gasteiger partial charge < -0.3 is 4.74 Å². The molecule has 0 fully saturated rings. The standard InChI is InChI=1S/C14H18O2/c1-3-7-12(10-11-16-2)14(15)13-8-5-4-6-9-13/h3-6,8-9,12H,1,7,10-11H2,2H3. The quantitative estimate of drug-likeness (QED) is 0.519. The van der Waals surface area contributed by atoms with Crippen LogP contribution in [0.2, 0.25) is 0 Å². The number of benzene rings is 1. The van der Waals surface area contributed by atoms with Gasteiger partial charge in [0, 0.05) is 25.2 Å². The lowest BCUT2D eigenvalue weighted by Gasteiger charge is -2.13. The third-order valence-corrected chi connectivity index (χ3v) is 2.55. The summed E-state index contributed by atoms with van der Waals surface area (Å²) in [5.41, 5.74) is 0.769. The summed E-state index contributed by atoms with van der Waals surface area (Å²) in [5, 5.41) is 0. The Labute approximate surface area is 96.9 Å². The number of rotatable bonds is 7. The molecular formula is C14H18O2. The lowest BCUT2D eigenvalue weighted by Crippen LogP contribution is -2.16. The predicted molar refractivity (Wildman–Crippen MR) is 65.6 cm³/mol. The summed E-state index contributed by atoms with van der Waals surface area (Å²) >= 11 is 0. The van der Waals surface area contributed by atoms with E-state index in [4.69, 9.17) is 4.74 Å². The Hall–Kier alpha value is -1.41. The maximum Gasteiger partial charge on any atom is 0.166 e. The van der Waals surface area contributed by atoms with Crippen LogP contribution in [0, 0.1) is 5.92 Å². The average molecular weight is 218 g/mol. The van der Waals surface area contributed by atoms with Crippen LogP contribution in [0.3, 0.4) is 0 Å². The number of allylic oxidation sites excluding steroid dienone is 1. The summed E-state index contributed by atoms with van der Waals surface area (Å²) in [7, 11) is 1.65. The second-order valence-corrected chi connectivity index (χ2v) is 3.73. The van der Waals surface area contributed by atoms with Crippen LogP contribution in [-0.2, 0) is 4.74 Å². The first-order valence-corrected chi connectivity index (χ1v) is 5.48. The zero-order valence-corrected chi connectivity index (χ0v) is 9.69. The van der Waals surface area contributed by atoms with E-state index >= 15 is 0 Å². The highest BCUT2D eigenvalue weighted by atomic mass is 16.5. The number of carbonyl (C=O) groups excluding carboxylic acids is 1. The molecule has 16 heavy (non-hydrogen) atoms. The molecule has 0 bridgehead atoms. The van der Waals surface area contributed by atoms with Crippen LogP contribution in [0.4, 0.5) is 0 Å². The zero-order valence-electron chi connectivity index (χ0n) is 9.69. The largest absolute Gasteiger partial charge is 0.385 e. The Kier molecular flexibility index (Phi) is 5.51. The third kappa shape index (κ3) is 3.63. The molecule has 2 heteroatoms. The van der Waals surface area contributed by atoms with Gasteiger partial charge in [-0.05, 0) is 12.8 Å². The van der Waals surface area contributed by atoms with Crippen LogP contribution >= 0.6 is 0 Å². The van der Waals surface area contributed by atoms with Gasteiger partial charge in [-0.2, -0.15) is 0 Å². The monoisotopic (exact) mass is 218 g/mol. The molecule has 0 aliphatic heterocycles. The number of hydrogen-bond acceptors (Lipinski definition) is 2. The van der Waals surface area contributed by atoms with Crippen LogP contribution in [0.15, 0.2) is 43.0 Å². The van der Waals surface area contributed by atoms with Crippen molar-refractivity contribution in [1.29, 1.82) is 0 Å². The topological polar surface area (TPSA) is 26.3 Å². The number of hydrogen-bond donors (Lipinski definition) is 0. The van der Waals surface area contributed by atoms with Gasteiger partial charge >= 0.3 is 0 Å². The molecule has 86 valence electrons. The molecule has 0 spiro atoms. The zero-order chi connectivity index (χ0) is 11.8. The van der Waals surface area contributed by atoms with Crippen molar-refractivity contribution in [2.24, 2.45) is 5.92 Å². The summed E-state index contributed by atoms with van der Waals surface area (Å²) in [6.45, 7) is 4.30. The first kappa shape index (κ1) is 12.7. The van der Waals surface area contributed by atoms with E-state index in [0.29, 0.717) is 13.0 Å². The molecule has 0 aliphatic carbocycles. The molecule has 1 aromatic carbocycles. The summed E-state index contributed by atoms with van der Waals surface area (Å²) in [4.78, 5) is 12.1. The molecule has 1 atom stereocenters. The van der Waals surface area contributed by atoms with E-state index in [1.165, 1.54) is 0 Å². The van der Waals surface area contributed by atoms with E-state index in [-0.39, 0.29) is 11.7 Å². The van der Waals surface area contributed by atoms with E-state index in [9.17, 15) is 4.79 Å². The van der Waals surface area contributed by atoms with Crippen LogP contribution in [0.25, 0.3) is 0 Å². The number of carbonyl (C=O) groups is 1. The van der Waals surface area contributed by atoms with Crippen molar-refractivity contribution in [3.63, 3.8) is 0 Å². The minimum absolute atomic E-state index is 0.0140. The molecule has 1 aromatic rings. The Morgan fingerprint density at radius 1 is 1.44 bits per heavy atom. The molecule has 0 amide bonds. The minimum atomic E-state index is -0.0140. The summed E-state index contributed by atoms with van der Waals surface area (Å²) in [5.74, 6) is 0.164. The van der Waals surface area contributed by atoms with Crippen LogP contribution < -0.4 is 0 Å². The lowest BCUT2D eigenvalue weighted by atomic mass is 9.92. The Morgan fingerprint density at radius 2 is 2.12 bits per heavy atom. The van der Waals surface area contributed by atoms with Crippen LogP contribution in [0.1, 0.15) is 23.2 Å². The van der Waals surface area contributed by atoms with E-state index in [2.05, 4.69) is 6.58 Å². The normalized spacial score (nSPS) is 12.1. The molecule has 0 saturated carbocycles. The third-order valence-electron chi connectivity index (χ3n) is 2.55. The Morgan fingerprint density at radius 3 is 2.69 bits per heavy atom. The minimum Gasteiger partial charge on any atom is -0.385 e. The summed E-state index contributed by atoms with van der Waals surface area (Å²) < 4.78 is 5.02. The molecule has 0 saturated heterocycles. The molecule has 0 aromatic heterocycles. The lowest BCUT2D eigenvalue weighted by molar-refractivity contribution is 0.0881. The first-order valence-electron chi connectivity index (χ1n) is 5.48. The maximum absolute atomic E-state index is 12.1. The molecule has 0 N–H and O–H groups in total. The number of ketones is 1. The van der Waals surface area contributed by atoms with Crippen molar-refractivity contribution in [1.82, 2.24) is 0 Å². The highest BCUT2D eigenvalue weighted by Gasteiger charge is 2.17. The van der Waals surface area contributed by atoms with Crippen molar-refractivity contribution in [2.75, 3.05) is 13.7 Å². The van der Waals surface area contributed by atoms with Crippen molar-refractivity contribution in [3.8, 4) is 0 Å². The summed E-state index contributed by atoms with van der Waals surface area (Å²) in [6.07, 6.45) is 3.24. The molecule has 2 nitrogen and oxygen atoms in total. The molecule has 0 heterocycles. The Bertz CT molecular complexity index is 330. The van der Waals surface area contributed by atoms with Crippen molar-refractivity contribution in [2.45, 2.75) is 12.8 Å². The average Bonchev–Trinajstić information content (AvgIpc) is 2.35. The fourth-order valence-corrected chi connectivity index (χ4v) is 1.66. The van der Waals surface area contributed by atoms with Gasteiger partial charge in [0.25, 0.3) is 0 Å². The van der Waals surface area contributed by atoms with Crippen molar-refractivity contribution in [3.05, 3.63) is 48.6 Å². The smallest absolute Gasteiger partial charge is 0.166 e. The van der Waals surface area contributed by atoms with Gasteiger partial charge in [0.2, 0.25) is 0 Å². The molecule has 0 radical (unpaired) electrons. The van der Waals surface area contributed by atoms with Gasteiger partial charge in [0.05, 0.1) is 0 Å². The molecule has 1 rings (SSSR count). The van der Waals surface area contributed by atoms with Crippen LogP contribution in [0.5, 0.6) is 0 Å². The number of methoxy groups -OCH3 is 1. The Balaban J connectivity index is 2.70. The first-order chi connectivity index (χ1) is 7.79. The van der Waals surface area contributed by atoms with E-state index in [0.717, 1.165) is 12.0 Å². The fraction of sp³-hybridized carbons (Fsp3) is 0.357. The fourth-order valence-electron chi connectivity index (χ4n) is 1.66. The maximum atomic E-state index is 12.1. The van der Waals surface area contributed by atoms with Gasteiger partial charge in [0.1, 0.15) is 0 Å². The van der Waals surface area contributed by atoms with Gasteiger partial charge in [-0.3, -0.25) is 4.79 Å². The highest BCUT2D eigenvalue weighted by molar-refractivity contribution is 5.97. The molecule has 1 unspecified atom stereocenters. The number of Topliss-reactive ketones (excluding diaryl/α,β-unsaturated/α-hetero) is 1. The van der Waals surface area contributed by atoms with E-state index < -0.39 is 0 Å². The summed E-state index contributed by atoms with van der Waals surface area (Å²) in [6, 6.07) is 9.38. The SMILES string of the molecule is C=CCC(CCOC)C(=O)c1ccccc1. The van der Waals surface area contributed by atoms with Crippen molar-refractivity contribution >= 4 is 5.78 Å². The molecular weight excluding hydrogens is 200 g/mol. The van der Waals surface area contributed by atoms with Gasteiger partial charge in [-0.15, -0.1) is 6.58 Å². The highest BCUT2D eigenvalue weighted by Crippen LogP contribution is 2.16. The molecule has 0 aliphatic rings. The van der Waals surface area contributed by atoms with Gasteiger partial charge in [-0.25, -0.2) is 0 Å². The van der Waals surface area contributed by atoms with Crippen LogP contribution in [-0.4, -0.2) is 19.5 Å². The second-order valence-electron chi connectivity index (χ2n) is 3.73. The van der Waals surface area contributed by atoms with E-state index in [1.807, 2.05) is 30.3 Å². The van der Waals surface area contributed by atoms with Gasteiger partial charge in [-0.1, -0.05) is 36.4 Å². The number of ether oxygens (including phenoxy) is 1. The van der Waals surface area contributed by atoms with E-state index in [1.54, 1.807) is 13.2 Å². The second kappa shape index (κ2) is 6.96. The predicted octanol–water partition coefficient (Wildman–Crippen LogP) is 3.10. The van der Waals surface area contributed by atoms with Gasteiger partial charge in [0.15, 0.2) is 5.78 Å². The van der Waals surface area contributed by atoms with Crippen molar-refractivity contribution < 1.29 is 9.53 Å².